The van der Waals surface area contributed by atoms with Gasteiger partial charge in [0.05, 0.1) is 0 Å². The maximum atomic E-state index is 2.30. The Kier molecular flexibility index (Phi) is 30.3. The number of nitrogens with zero attached hydrogens (tertiary/aromatic N) is 1. The van der Waals surface area contributed by atoms with E-state index in [1.807, 2.05) is 106 Å². The Hall–Kier alpha value is -5.14. The Morgan fingerprint density at radius 1 is 0.404 bits per heavy atom. The minimum absolute atomic E-state index is 0. The number of hydrogen-bond donors (Lipinski definition) is 0. The van der Waals surface area contributed by atoms with Crippen LogP contribution in [0.1, 0.15) is 114 Å². The van der Waals surface area contributed by atoms with Crippen LogP contribution in [0.15, 0.2) is 170 Å². The summed E-state index contributed by atoms with van der Waals surface area (Å²) in [6.07, 6.45) is 0. The highest BCUT2D eigenvalue weighted by molar-refractivity contribution is 5.90. The molecule has 0 amide bonds. The lowest BCUT2D eigenvalue weighted by Gasteiger charge is -2.20. The zero-order valence-corrected chi connectivity index (χ0v) is 37.8. The third kappa shape index (κ3) is 16.1. The second kappa shape index (κ2) is 32.0. The first kappa shape index (κ1) is 54.0. The van der Waals surface area contributed by atoms with Gasteiger partial charge in [0.1, 0.15) is 0 Å². The highest BCUT2D eigenvalue weighted by atomic mass is 15.1. The van der Waals surface area contributed by atoms with Crippen molar-refractivity contribution in [1.82, 2.24) is 0 Å². The number of rotatable bonds is 2. The molecule has 57 heavy (non-hydrogen) atoms. The lowest BCUT2D eigenvalue weighted by molar-refractivity contribution is 0.660. The van der Waals surface area contributed by atoms with Crippen molar-refractivity contribution in [3.8, 4) is 11.1 Å². The van der Waals surface area contributed by atoms with Gasteiger partial charge >= 0.3 is 0 Å². The maximum Gasteiger partial charge on any atom is 0.0399 e. The summed E-state index contributed by atoms with van der Waals surface area (Å²) in [6.45, 7) is 30.0. The molecule has 0 saturated heterocycles. The molecule has 0 heterocycles. The number of benzene rings is 7. The molecule has 308 valence electrons. The molecule has 8 rings (SSSR count). The first-order valence-corrected chi connectivity index (χ1v) is 21.2. The van der Waals surface area contributed by atoms with E-state index in [1.165, 1.54) is 55.0 Å². The average Bonchev–Trinajstić information content (AvgIpc) is 3.54. The van der Waals surface area contributed by atoms with Crippen LogP contribution in [-0.2, 0) is 5.41 Å². The molecule has 0 aliphatic heterocycles. The molecule has 7 aromatic carbocycles. The molecule has 0 fully saturated rings. The normalized spacial score (nSPS) is 10.1. The van der Waals surface area contributed by atoms with E-state index in [2.05, 4.69) is 173 Å². The van der Waals surface area contributed by atoms with Gasteiger partial charge in [0.25, 0.3) is 0 Å². The Bertz CT molecular complexity index is 1850. The molecule has 0 radical (unpaired) electrons. The Balaban J connectivity index is 0. The van der Waals surface area contributed by atoms with Gasteiger partial charge in [-0.05, 0) is 69.3 Å². The average molecular weight is 766 g/mol. The van der Waals surface area contributed by atoms with Gasteiger partial charge < -0.3 is 4.90 Å². The molecule has 1 nitrogen and oxygen atoms in total. The van der Waals surface area contributed by atoms with Crippen LogP contribution in [0.5, 0.6) is 0 Å². The van der Waals surface area contributed by atoms with Gasteiger partial charge in [-0.15, -0.1) is 0 Å². The molecule has 0 unspecified atom stereocenters. The monoisotopic (exact) mass is 766 g/mol. The lowest BCUT2D eigenvalue weighted by Crippen LogP contribution is -2.16. The van der Waals surface area contributed by atoms with Gasteiger partial charge in [-0.1, -0.05) is 254 Å². The highest BCUT2D eigenvalue weighted by Gasteiger charge is 2.34. The van der Waals surface area contributed by atoms with Crippen molar-refractivity contribution in [3.05, 3.63) is 187 Å². The minimum Gasteiger partial charge on any atom is -0.375 e. The van der Waals surface area contributed by atoms with E-state index < -0.39 is 0 Å². The molecular formula is C56H79N. The van der Waals surface area contributed by atoms with Crippen LogP contribution in [0.2, 0.25) is 0 Å². The third-order valence-corrected chi connectivity index (χ3v) is 8.87. The van der Waals surface area contributed by atoms with Gasteiger partial charge in [-0.2, -0.15) is 0 Å². The van der Waals surface area contributed by atoms with Gasteiger partial charge in [0.15, 0.2) is 0 Å². The lowest BCUT2D eigenvalue weighted by atomic mass is 9.82. The van der Waals surface area contributed by atoms with Gasteiger partial charge in [-0.3, -0.25) is 0 Å². The summed E-state index contributed by atoms with van der Waals surface area (Å²) < 4.78 is 0. The van der Waals surface area contributed by atoms with E-state index in [-0.39, 0.29) is 12.8 Å². The zero-order chi connectivity index (χ0) is 42.4. The fourth-order valence-corrected chi connectivity index (χ4v) is 6.19. The largest absolute Gasteiger partial charge is 0.375 e. The zero-order valence-electron chi connectivity index (χ0n) is 37.8. The fraction of sp³-hybridized carbons (Fsp3) is 0.321. The molecule has 0 aromatic heterocycles. The summed E-state index contributed by atoms with van der Waals surface area (Å²) in [7, 11) is 2.14. The van der Waals surface area contributed by atoms with E-state index in [0.717, 1.165) is 6.54 Å². The molecule has 0 spiro atoms. The summed E-state index contributed by atoms with van der Waals surface area (Å²) in [5.74, 6) is 0. The minimum atomic E-state index is 0. The van der Waals surface area contributed by atoms with Crippen LogP contribution in [0.25, 0.3) is 32.7 Å². The van der Waals surface area contributed by atoms with Gasteiger partial charge in [0, 0.05) is 24.7 Å². The molecule has 1 heteroatoms. The van der Waals surface area contributed by atoms with Crippen molar-refractivity contribution < 1.29 is 0 Å². The van der Waals surface area contributed by atoms with E-state index in [4.69, 9.17) is 0 Å². The van der Waals surface area contributed by atoms with Crippen molar-refractivity contribution in [1.29, 1.82) is 0 Å². The van der Waals surface area contributed by atoms with Crippen molar-refractivity contribution >= 4 is 27.2 Å². The number of hydrogen-bond acceptors (Lipinski definition) is 1. The molecule has 0 bridgehead atoms. The van der Waals surface area contributed by atoms with E-state index in [9.17, 15) is 0 Å². The Morgan fingerprint density at radius 2 is 0.719 bits per heavy atom. The fourth-order valence-electron chi connectivity index (χ4n) is 6.19. The third-order valence-electron chi connectivity index (χ3n) is 8.87. The smallest absolute Gasteiger partial charge is 0.0399 e. The summed E-state index contributed by atoms with van der Waals surface area (Å²) in [5.41, 5.74) is 8.56. The number of aryl methyl sites for hydroxylation is 1. The first-order chi connectivity index (χ1) is 27.4. The summed E-state index contributed by atoms with van der Waals surface area (Å²) >= 11 is 0. The van der Waals surface area contributed by atoms with Crippen molar-refractivity contribution in [3.63, 3.8) is 0 Å². The van der Waals surface area contributed by atoms with Crippen molar-refractivity contribution in [2.75, 3.05) is 18.5 Å². The Labute approximate surface area is 351 Å². The van der Waals surface area contributed by atoms with Crippen LogP contribution in [0, 0.1) is 6.92 Å². The van der Waals surface area contributed by atoms with Crippen LogP contribution in [-0.4, -0.2) is 13.6 Å². The predicted octanol–water partition coefficient (Wildman–Crippen LogP) is 17.9. The van der Waals surface area contributed by atoms with Crippen LogP contribution in [0.3, 0.4) is 0 Å². The SMILES string of the molecule is C.CC.CC.CC.CC.CC.CC1(C)c2ccccc2-c2ccccc21.CCN(C)c1ccc2ccccc2c1C.c1ccc2ccccc2c1.c1ccccc1. The van der Waals surface area contributed by atoms with E-state index in [1.54, 1.807) is 0 Å². The van der Waals surface area contributed by atoms with Crippen LogP contribution in [0.4, 0.5) is 5.69 Å². The molecule has 0 N–H and O–H groups in total. The van der Waals surface area contributed by atoms with Crippen molar-refractivity contribution in [2.45, 2.75) is 110 Å². The van der Waals surface area contributed by atoms with Crippen LogP contribution < -0.4 is 4.90 Å². The second-order valence-corrected chi connectivity index (χ2v) is 12.2. The van der Waals surface area contributed by atoms with Gasteiger partial charge in [-0.25, -0.2) is 0 Å². The summed E-state index contributed by atoms with van der Waals surface area (Å²) in [6, 6.07) is 59.1. The van der Waals surface area contributed by atoms with E-state index >= 15 is 0 Å². The molecule has 1 aliphatic rings. The molecule has 0 saturated carbocycles. The first-order valence-electron chi connectivity index (χ1n) is 21.2. The summed E-state index contributed by atoms with van der Waals surface area (Å²) in [5, 5.41) is 5.30. The highest BCUT2D eigenvalue weighted by Crippen LogP contribution is 2.48. The quantitative estimate of drug-likeness (QED) is 0.169. The number of anilines is 1. The number of fused-ring (bicyclic) bond motifs is 5. The molecular weight excluding hydrogens is 687 g/mol. The molecule has 1 aliphatic carbocycles. The van der Waals surface area contributed by atoms with Crippen molar-refractivity contribution in [2.24, 2.45) is 0 Å². The topological polar surface area (TPSA) is 3.24 Å². The maximum absolute atomic E-state index is 2.30. The molecule has 7 aromatic rings. The standard InChI is InChI=1S/C15H14.C14H17N.C10H8.C6H6.5C2H6.CH4/c1-15(2)13-9-5-3-7-11(13)12-8-4-6-10-14(12)15;1-4-15(3)14-10-9-12-7-5-6-8-13(12)11(14)2;1-2-6-10-8-4-3-7-9(10)5-1;1-2-4-6-5-3-1;5*1-2;/h3-10H,1-2H3;5-10H,4H2,1-3H3;1-8H;1-6H;5*1-2H3;1H4. The van der Waals surface area contributed by atoms with Gasteiger partial charge in [0.2, 0.25) is 0 Å². The summed E-state index contributed by atoms with van der Waals surface area (Å²) in [4.78, 5) is 2.28. The second-order valence-electron chi connectivity index (χ2n) is 12.2. The predicted molar refractivity (Wildman–Crippen MR) is 265 cm³/mol. The molecule has 0 atom stereocenters. The Morgan fingerprint density at radius 3 is 1.09 bits per heavy atom. The van der Waals surface area contributed by atoms with Crippen LogP contribution >= 0.6 is 0 Å². The van der Waals surface area contributed by atoms with E-state index in [0.29, 0.717) is 0 Å².